The molecule has 0 spiro atoms. The van der Waals surface area contributed by atoms with E-state index in [0.29, 0.717) is 18.3 Å². The number of aliphatic hydroxyl groups excluding tert-OH is 5. The highest BCUT2D eigenvalue weighted by Crippen LogP contribution is 2.60. The Morgan fingerprint density at radius 2 is 1.36 bits per heavy atom. The molecule has 4 rings (SSSR count). The van der Waals surface area contributed by atoms with E-state index in [4.69, 9.17) is 9.47 Å². The first-order valence-corrected chi connectivity index (χ1v) is 22.2. The number of ether oxygens (including phenoxy) is 2. The normalized spacial score (nSPS) is 28.1. The van der Waals surface area contributed by atoms with Gasteiger partial charge in [-0.05, 0) is 68.3 Å². The van der Waals surface area contributed by atoms with Crippen molar-refractivity contribution in [3.05, 3.63) is 23.6 Å². The molecule has 1 saturated carbocycles. The third-order valence-electron chi connectivity index (χ3n) is 13.0. The van der Waals surface area contributed by atoms with Crippen molar-refractivity contribution in [2.45, 2.75) is 225 Å². The van der Waals surface area contributed by atoms with E-state index in [1.807, 2.05) is 0 Å². The number of hydrogen-bond acceptors (Lipinski definition) is 7. The topological polar surface area (TPSA) is 120 Å². The van der Waals surface area contributed by atoms with Crippen LogP contribution in [0.4, 0.5) is 4.39 Å². The average molecular weight is 753 g/mol. The summed E-state index contributed by atoms with van der Waals surface area (Å²) in [6.07, 6.45) is 26.2. The summed E-state index contributed by atoms with van der Waals surface area (Å²) < 4.78 is 26.5. The van der Waals surface area contributed by atoms with Crippen LogP contribution in [0.5, 0.6) is 0 Å². The van der Waals surface area contributed by atoms with E-state index >= 15 is 4.39 Å². The molecule has 310 valence electrons. The van der Waals surface area contributed by atoms with Crippen LogP contribution in [0, 0.1) is 23.2 Å². The van der Waals surface area contributed by atoms with Gasteiger partial charge in [0.05, 0.1) is 25.1 Å². The second-order valence-corrected chi connectivity index (χ2v) is 17.6. The first kappa shape index (κ1) is 46.5. The average Bonchev–Trinajstić information content (AvgIpc) is 3.15. The van der Waals surface area contributed by atoms with Crippen molar-refractivity contribution >= 4 is 0 Å². The third-order valence-corrected chi connectivity index (χ3v) is 13.0. The largest absolute Gasteiger partial charge is 0.394 e. The van der Waals surface area contributed by atoms with Crippen molar-refractivity contribution in [1.29, 1.82) is 0 Å². The number of fused-ring (bicyclic) bond motifs is 1. The minimum atomic E-state index is -1.55. The van der Waals surface area contributed by atoms with Crippen LogP contribution in [0.25, 0.3) is 0 Å². The maximum absolute atomic E-state index is 15.2. The second kappa shape index (κ2) is 26.1. The van der Waals surface area contributed by atoms with Crippen molar-refractivity contribution in [2.24, 2.45) is 23.2 Å². The maximum Gasteiger partial charge on any atom is 0.186 e. The first-order valence-electron chi connectivity index (χ1n) is 22.2. The molecule has 9 unspecified atom stereocenters. The number of hydrogen-bond donors (Lipinski definition) is 5. The molecule has 5 N–H and O–H groups in total. The van der Waals surface area contributed by atoms with Crippen molar-refractivity contribution in [2.75, 3.05) is 13.2 Å². The van der Waals surface area contributed by atoms with Gasteiger partial charge in [-0.15, -0.1) is 0 Å². The Morgan fingerprint density at radius 3 is 1.91 bits per heavy atom. The van der Waals surface area contributed by atoms with Crippen molar-refractivity contribution in [3.63, 3.8) is 0 Å². The Kier molecular flexibility index (Phi) is 22.9. The molecule has 0 amide bonds. The summed E-state index contributed by atoms with van der Waals surface area (Å²) in [5, 5.41) is 51.4. The van der Waals surface area contributed by atoms with Gasteiger partial charge in [0, 0.05) is 5.92 Å². The summed E-state index contributed by atoms with van der Waals surface area (Å²) in [5.41, 5.74) is 2.25. The van der Waals surface area contributed by atoms with Crippen molar-refractivity contribution in [3.8, 4) is 0 Å². The molecule has 0 aromatic rings. The van der Waals surface area contributed by atoms with Crippen LogP contribution in [0.1, 0.15) is 188 Å². The monoisotopic (exact) mass is 753 g/mol. The Hall–Kier alpha value is -0.870. The SMILES string of the molecule is CCCCCCCCCCCCCCCC(O)C(/C=C(/F)CCCCCCCCCCC1=CCC2CC1C2(C)C)COC1OC(CO)C(O)C(O)C1O. The van der Waals surface area contributed by atoms with E-state index in [2.05, 4.69) is 26.8 Å². The van der Waals surface area contributed by atoms with Crippen molar-refractivity contribution in [1.82, 2.24) is 0 Å². The van der Waals surface area contributed by atoms with Gasteiger partial charge in [0.1, 0.15) is 24.4 Å². The molecule has 4 aliphatic rings. The van der Waals surface area contributed by atoms with Crippen LogP contribution < -0.4 is 0 Å². The minimum absolute atomic E-state index is 0.119. The van der Waals surface area contributed by atoms with Crippen molar-refractivity contribution < 1.29 is 39.4 Å². The zero-order valence-electron chi connectivity index (χ0n) is 34.1. The Morgan fingerprint density at radius 1 is 0.811 bits per heavy atom. The van der Waals surface area contributed by atoms with E-state index in [1.54, 1.807) is 5.57 Å². The molecule has 2 bridgehead atoms. The molecule has 9 atom stereocenters. The Labute approximate surface area is 323 Å². The van der Waals surface area contributed by atoms with Gasteiger partial charge in [-0.3, -0.25) is 0 Å². The first-order chi connectivity index (χ1) is 25.6. The summed E-state index contributed by atoms with van der Waals surface area (Å²) in [6, 6.07) is 0. The quantitative estimate of drug-likeness (QED) is 0.0353. The second-order valence-electron chi connectivity index (χ2n) is 17.6. The number of rotatable bonds is 31. The molecular weight excluding hydrogens is 671 g/mol. The van der Waals surface area contributed by atoms with Gasteiger partial charge in [0.25, 0.3) is 0 Å². The number of unbranched alkanes of at least 4 members (excludes halogenated alkanes) is 19. The summed E-state index contributed by atoms with van der Waals surface area (Å²) in [5.74, 6) is 0.815. The molecule has 8 heteroatoms. The lowest BCUT2D eigenvalue weighted by atomic mass is 9.48. The fourth-order valence-electron chi connectivity index (χ4n) is 9.02. The van der Waals surface area contributed by atoms with Crippen LogP contribution in [-0.4, -0.2) is 75.6 Å². The molecule has 3 aliphatic carbocycles. The molecule has 1 aliphatic heterocycles. The molecule has 7 nitrogen and oxygen atoms in total. The predicted molar refractivity (Wildman–Crippen MR) is 213 cm³/mol. The molecule has 1 saturated heterocycles. The molecule has 0 radical (unpaired) electrons. The molecular formula is C45H81FO7. The van der Waals surface area contributed by atoms with Gasteiger partial charge in [0.2, 0.25) is 0 Å². The number of halogens is 1. The van der Waals surface area contributed by atoms with Gasteiger partial charge in [-0.1, -0.05) is 154 Å². The molecule has 1 heterocycles. The zero-order valence-corrected chi connectivity index (χ0v) is 34.1. The molecule has 53 heavy (non-hydrogen) atoms. The van der Waals surface area contributed by atoms with Gasteiger partial charge in [-0.25, -0.2) is 4.39 Å². The van der Waals surface area contributed by atoms with Gasteiger partial charge in [-0.2, -0.15) is 0 Å². The van der Waals surface area contributed by atoms with Gasteiger partial charge < -0.3 is 35.0 Å². The van der Waals surface area contributed by atoms with Crippen LogP contribution in [0.3, 0.4) is 0 Å². The Balaban J connectivity index is 1.32. The van der Waals surface area contributed by atoms with E-state index in [1.165, 1.54) is 122 Å². The highest BCUT2D eigenvalue weighted by atomic mass is 19.1. The van der Waals surface area contributed by atoms with Gasteiger partial charge in [0.15, 0.2) is 6.29 Å². The molecule has 0 aromatic carbocycles. The maximum atomic E-state index is 15.2. The smallest absolute Gasteiger partial charge is 0.186 e. The van der Waals surface area contributed by atoms with E-state index in [9.17, 15) is 25.5 Å². The summed E-state index contributed by atoms with van der Waals surface area (Å²) >= 11 is 0. The third kappa shape index (κ3) is 16.3. The Bertz CT molecular complexity index is 1010. The van der Waals surface area contributed by atoms with Crippen LogP contribution in [0.15, 0.2) is 23.6 Å². The summed E-state index contributed by atoms with van der Waals surface area (Å²) in [6.45, 7) is 6.48. The number of allylic oxidation sites excluding steroid dienone is 3. The minimum Gasteiger partial charge on any atom is -0.394 e. The molecule has 0 aromatic heterocycles. The predicted octanol–water partition coefficient (Wildman–Crippen LogP) is 10.0. The lowest BCUT2D eigenvalue weighted by Crippen LogP contribution is -2.59. The lowest BCUT2D eigenvalue weighted by molar-refractivity contribution is -0.303. The zero-order chi connectivity index (χ0) is 38.5. The van der Waals surface area contributed by atoms with E-state index in [-0.39, 0.29) is 12.4 Å². The molecule has 2 fully saturated rings. The van der Waals surface area contributed by atoms with Gasteiger partial charge >= 0.3 is 0 Å². The summed E-state index contributed by atoms with van der Waals surface area (Å²) in [4.78, 5) is 0. The van der Waals surface area contributed by atoms with Crippen LogP contribution in [0.2, 0.25) is 0 Å². The standard InChI is InChI=1S/C45H81FO7/c1-4-5-6-7-8-9-10-11-12-13-18-21-24-27-39(48)35(33-52-44-43(51)42(50)41(49)40(32-47)53-44)30-37(46)26-23-20-17-15-14-16-19-22-25-34-28-29-36-31-38(34)45(36,2)3/h28,30,35-36,38-44,47-51H,4-27,29,31-33H2,1-3H3/b37-30+. The highest BCUT2D eigenvalue weighted by Gasteiger charge is 2.50. The number of aliphatic hydroxyl groups is 5. The van der Waals surface area contributed by atoms with E-state index in [0.717, 1.165) is 50.4 Å². The van der Waals surface area contributed by atoms with E-state index < -0.39 is 49.3 Å². The summed E-state index contributed by atoms with van der Waals surface area (Å²) in [7, 11) is 0. The lowest BCUT2D eigenvalue weighted by Gasteiger charge is -2.56. The van der Waals surface area contributed by atoms with Crippen LogP contribution in [-0.2, 0) is 9.47 Å². The fraction of sp³-hybridized carbons (Fsp3) is 0.911. The fourth-order valence-corrected chi connectivity index (χ4v) is 9.02. The van der Waals surface area contributed by atoms with Crippen LogP contribution >= 0.6 is 0 Å². The highest BCUT2D eigenvalue weighted by molar-refractivity contribution is 5.23.